The molecule has 1 atom stereocenters. The van der Waals surface area contributed by atoms with Gasteiger partial charge in [0.2, 0.25) is 0 Å². The van der Waals surface area contributed by atoms with Crippen molar-refractivity contribution in [3.63, 3.8) is 0 Å². The lowest BCUT2D eigenvalue weighted by molar-refractivity contribution is -0.385. The van der Waals surface area contributed by atoms with Crippen LogP contribution in [0.15, 0.2) is 77.8 Å². The Labute approximate surface area is 165 Å². The number of para-hydroxylation sites is 2. The van der Waals surface area contributed by atoms with Crippen molar-refractivity contribution < 1.29 is 9.85 Å². The van der Waals surface area contributed by atoms with Crippen LogP contribution in [0.5, 0.6) is 0 Å². The van der Waals surface area contributed by atoms with E-state index in [1.807, 2.05) is 24.3 Å². The number of non-ortho nitro benzene ring substituents is 2. The van der Waals surface area contributed by atoms with Crippen LogP contribution in [-0.2, 0) is 0 Å². The van der Waals surface area contributed by atoms with Crippen molar-refractivity contribution in [2.45, 2.75) is 12.5 Å². The van der Waals surface area contributed by atoms with Crippen LogP contribution in [0.3, 0.4) is 0 Å². The average Bonchev–Trinajstić information content (AvgIpc) is 2.93. The summed E-state index contributed by atoms with van der Waals surface area (Å²) in [4.78, 5) is 25.8. The van der Waals surface area contributed by atoms with E-state index in [1.165, 1.54) is 24.3 Å². The second-order valence-corrected chi connectivity index (χ2v) is 6.63. The highest BCUT2D eigenvalue weighted by molar-refractivity contribution is 6.04. The van der Waals surface area contributed by atoms with Crippen LogP contribution in [0, 0.1) is 20.2 Å². The average molecular weight is 388 g/mol. The topological polar surface area (TPSA) is 111 Å². The molecule has 0 fully saturated rings. The molecule has 0 aromatic heterocycles. The molecule has 0 saturated heterocycles. The number of nitro groups is 2. The van der Waals surface area contributed by atoms with Crippen LogP contribution in [0.2, 0.25) is 0 Å². The van der Waals surface area contributed by atoms with Crippen LogP contribution in [0.4, 0.5) is 22.7 Å². The maximum Gasteiger partial charge on any atom is 0.269 e. The molecule has 1 N–H and O–H groups in total. The molecule has 1 aliphatic heterocycles. The Morgan fingerprint density at radius 1 is 0.828 bits per heavy atom. The summed E-state index contributed by atoms with van der Waals surface area (Å²) in [6.07, 6.45) is 0.518. The third-order valence-corrected chi connectivity index (χ3v) is 4.80. The molecule has 0 saturated carbocycles. The fourth-order valence-corrected chi connectivity index (χ4v) is 3.30. The molecular formula is C21H16N4O4. The van der Waals surface area contributed by atoms with Gasteiger partial charge < -0.3 is 5.32 Å². The molecule has 0 aliphatic carbocycles. The van der Waals surface area contributed by atoms with Crippen molar-refractivity contribution in [1.82, 2.24) is 0 Å². The zero-order valence-corrected chi connectivity index (χ0v) is 15.2. The first-order valence-electron chi connectivity index (χ1n) is 8.93. The van der Waals surface area contributed by atoms with E-state index >= 15 is 0 Å². The predicted molar refractivity (Wildman–Crippen MR) is 110 cm³/mol. The van der Waals surface area contributed by atoms with Crippen molar-refractivity contribution >= 4 is 28.5 Å². The van der Waals surface area contributed by atoms with E-state index in [1.54, 1.807) is 24.3 Å². The molecule has 4 rings (SSSR count). The fourth-order valence-electron chi connectivity index (χ4n) is 3.30. The van der Waals surface area contributed by atoms with E-state index in [2.05, 4.69) is 5.32 Å². The lowest BCUT2D eigenvalue weighted by Crippen LogP contribution is -2.14. The summed E-state index contributed by atoms with van der Waals surface area (Å²) < 4.78 is 0. The number of aliphatic imine (C=N–C) groups is 1. The smallest absolute Gasteiger partial charge is 0.269 e. The summed E-state index contributed by atoms with van der Waals surface area (Å²) in [5.74, 6) is 0. The number of hydrogen-bond donors (Lipinski definition) is 1. The van der Waals surface area contributed by atoms with E-state index in [9.17, 15) is 20.2 Å². The molecule has 0 spiro atoms. The van der Waals surface area contributed by atoms with Gasteiger partial charge in [-0.25, -0.2) is 0 Å². The van der Waals surface area contributed by atoms with Gasteiger partial charge in [-0.05, 0) is 35.4 Å². The van der Waals surface area contributed by atoms with Crippen molar-refractivity contribution in [2.24, 2.45) is 4.99 Å². The van der Waals surface area contributed by atoms with Gasteiger partial charge in [0, 0.05) is 30.7 Å². The maximum atomic E-state index is 10.9. The molecule has 8 heteroatoms. The van der Waals surface area contributed by atoms with Gasteiger partial charge >= 0.3 is 0 Å². The van der Waals surface area contributed by atoms with E-state index in [-0.39, 0.29) is 17.4 Å². The number of nitro benzene ring substituents is 2. The van der Waals surface area contributed by atoms with Gasteiger partial charge in [0.1, 0.15) is 0 Å². The number of benzene rings is 3. The third-order valence-electron chi connectivity index (χ3n) is 4.80. The van der Waals surface area contributed by atoms with Crippen molar-refractivity contribution in [3.8, 4) is 0 Å². The first-order valence-corrected chi connectivity index (χ1v) is 8.93. The van der Waals surface area contributed by atoms with E-state index in [0.29, 0.717) is 6.42 Å². The highest BCUT2D eigenvalue weighted by atomic mass is 16.6. The second kappa shape index (κ2) is 7.51. The van der Waals surface area contributed by atoms with Crippen molar-refractivity contribution in [3.05, 3.63) is 104 Å². The Bertz CT molecular complexity index is 1110. The van der Waals surface area contributed by atoms with Crippen LogP contribution < -0.4 is 5.32 Å². The van der Waals surface area contributed by atoms with Gasteiger partial charge in [0.25, 0.3) is 11.4 Å². The van der Waals surface area contributed by atoms with E-state index in [4.69, 9.17) is 4.99 Å². The molecule has 1 unspecified atom stereocenters. The van der Waals surface area contributed by atoms with Gasteiger partial charge in [0.05, 0.1) is 33.0 Å². The summed E-state index contributed by atoms with van der Waals surface area (Å²) in [5, 5.41) is 25.3. The Hall–Kier alpha value is -4.07. The third kappa shape index (κ3) is 3.81. The minimum absolute atomic E-state index is 0.0217. The van der Waals surface area contributed by atoms with Gasteiger partial charge in [-0.15, -0.1) is 0 Å². The van der Waals surface area contributed by atoms with Gasteiger partial charge in [-0.1, -0.05) is 24.3 Å². The second-order valence-electron chi connectivity index (χ2n) is 6.63. The summed E-state index contributed by atoms with van der Waals surface area (Å²) >= 11 is 0. The monoisotopic (exact) mass is 388 g/mol. The Kier molecular flexibility index (Phi) is 4.74. The summed E-state index contributed by atoms with van der Waals surface area (Å²) in [6.45, 7) is 0. The number of nitrogens with one attached hydrogen (secondary N) is 1. The molecule has 3 aromatic carbocycles. The Morgan fingerprint density at radius 3 is 2.03 bits per heavy atom. The zero-order valence-electron chi connectivity index (χ0n) is 15.2. The minimum atomic E-state index is -0.435. The Morgan fingerprint density at radius 2 is 1.41 bits per heavy atom. The summed E-state index contributed by atoms with van der Waals surface area (Å²) in [7, 11) is 0. The normalized spacial score (nSPS) is 15.4. The zero-order chi connectivity index (χ0) is 20.4. The van der Waals surface area contributed by atoms with Crippen molar-refractivity contribution in [1.29, 1.82) is 0 Å². The molecule has 8 nitrogen and oxygen atoms in total. The summed E-state index contributed by atoms with van der Waals surface area (Å²) in [6, 6.07) is 20.2. The molecule has 1 aliphatic rings. The van der Waals surface area contributed by atoms with Crippen LogP contribution >= 0.6 is 0 Å². The highest BCUT2D eigenvalue weighted by Gasteiger charge is 2.22. The molecule has 0 radical (unpaired) electrons. The number of rotatable bonds is 4. The molecule has 0 bridgehead atoms. The van der Waals surface area contributed by atoms with Gasteiger partial charge in [-0.2, -0.15) is 0 Å². The first kappa shape index (κ1) is 18.3. The molecule has 3 aromatic rings. The van der Waals surface area contributed by atoms with E-state index < -0.39 is 9.85 Å². The molecule has 1 heterocycles. The lowest BCUT2D eigenvalue weighted by atomic mass is 9.97. The number of fused-ring (bicyclic) bond motifs is 1. The quantitative estimate of drug-likeness (QED) is 0.489. The number of nitrogens with zero attached hydrogens (tertiary/aromatic N) is 3. The molecule has 0 amide bonds. The SMILES string of the molecule is O=[N+]([O-])c1ccc(C2=Nc3ccccc3NC(c3ccc([N+](=O)[O-])cc3)C2)cc1. The number of hydrogen-bond acceptors (Lipinski definition) is 6. The summed E-state index contributed by atoms with van der Waals surface area (Å²) in [5.41, 5.74) is 4.14. The first-order chi connectivity index (χ1) is 14.0. The Balaban J connectivity index is 1.73. The fraction of sp³-hybridized carbons (Fsp3) is 0.0952. The standard InChI is InChI=1S/C21H16N4O4/c26-24(27)16-9-5-14(6-10-16)20-13-21(15-7-11-17(12-8-15)25(28)29)23-19-4-2-1-3-18(19)22-20/h1-12,20,22H,13H2. The van der Waals surface area contributed by atoms with Crippen LogP contribution in [0.1, 0.15) is 23.6 Å². The highest BCUT2D eigenvalue weighted by Crippen LogP contribution is 2.35. The van der Waals surface area contributed by atoms with Crippen LogP contribution in [-0.4, -0.2) is 15.6 Å². The number of anilines is 1. The maximum absolute atomic E-state index is 10.9. The minimum Gasteiger partial charge on any atom is -0.376 e. The predicted octanol–water partition coefficient (Wildman–Crippen LogP) is 5.18. The molecular weight excluding hydrogens is 372 g/mol. The van der Waals surface area contributed by atoms with Gasteiger partial charge in [0.15, 0.2) is 0 Å². The van der Waals surface area contributed by atoms with Crippen molar-refractivity contribution in [2.75, 3.05) is 5.32 Å². The lowest BCUT2D eigenvalue weighted by Gasteiger charge is -2.19. The van der Waals surface area contributed by atoms with Crippen LogP contribution in [0.25, 0.3) is 0 Å². The van der Waals surface area contributed by atoms with Gasteiger partial charge in [-0.3, -0.25) is 25.2 Å². The molecule has 144 valence electrons. The van der Waals surface area contributed by atoms with E-state index in [0.717, 1.165) is 28.2 Å². The molecule has 29 heavy (non-hydrogen) atoms. The largest absolute Gasteiger partial charge is 0.376 e.